The van der Waals surface area contributed by atoms with Crippen LogP contribution in [0.15, 0.2) is 47.1 Å². The van der Waals surface area contributed by atoms with E-state index in [2.05, 4.69) is 20.9 Å². The van der Waals surface area contributed by atoms with Crippen LogP contribution in [0.5, 0.6) is 11.6 Å². The summed E-state index contributed by atoms with van der Waals surface area (Å²) >= 11 is 3.38. The molecule has 1 fully saturated rings. The van der Waals surface area contributed by atoms with Gasteiger partial charge in [-0.25, -0.2) is 4.98 Å². The van der Waals surface area contributed by atoms with Crippen molar-refractivity contribution in [3.8, 4) is 11.6 Å². The van der Waals surface area contributed by atoms with Crippen LogP contribution in [0.25, 0.3) is 0 Å². The van der Waals surface area contributed by atoms with Crippen LogP contribution >= 0.6 is 15.9 Å². The van der Waals surface area contributed by atoms with Crippen LogP contribution in [-0.4, -0.2) is 34.9 Å². The molecule has 0 saturated carbocycles. The molecule has 2 heterocycles. The van der Waals surface area contributed by atoms with Gasteiger partial charge in [-0.15, -0.1) is 0 Å². The first-order valence-corrected chi connectivity index (χ1v) is 7.86. The third kappa shape index (κ3) is 3.28. The van der Waals surface area contributed by atoms with Crippen LogP contribution in [0.2, 0.25) is 0 Å². The Morgan fingerprint density at radius 3 is 2.77 bits per heavy atom. The summed E-state index contributed by atoms with van der Waals surface area (Å²) in [5.74, 6) is 0.859. The maximum absolute atomic E-state index is 12.6. The van der Waals surface area contributed by atoms with Gasteiger partial charge in [0.15, 0.2) is 0 Å². The molecule has 1 unspecified atom stereocenters. The number of benzene rings is 1. The van der Waals surface area contributed by atoms with Gasteiger partial charge in [-0.1, -0.05) is 15.9 Å². The number of likely N-dealkylation sites (tertiary alicyclic amines) is 1. The molecular formula is C16H16BrN3O2. The standard InChI is InChI=1S/C16H16BrN3O2/c17-11-3-5-13(6-4-11)22-15-14(2-1-8-19-15)16(21)20-9-7-12(18)10-20/h1-6,8,12H,7,9-10,18H2. The third-order valence-electron chi connectivity index (χ3n) is 3.54. The van der Waals surface area contributed by atoms with Crippen molar-refractivity contribution in [3.63, 3.8) is 0 Å². The highest BCUT2D eigenvalue weighted by Gasteiger charge is 2.27. The molecule has 3 rings (SSSR count). The lowest BCUT2D eigenvalue weighted by molar-refractivity contribution is 0.0787. The minimum atomic E-state index is -0.0897. The van der Waals surface area contributed by atoms with Crippen LogP contribution in [0.4, 0.5) is 0 Å². The fraction of sp³-hybridized carbons (Fsp3) is 0.250. The van der Waals surface area contributed by atoms with Crippen LogP contribution in [0.1, 0.15) is 16.8 Å². The first kappa shape index (κ1) is 15.0. The van der Waals surface area contributed by atoms with Crippen LogP contribution in [0, 0.1) is 0 Å². The van der Waals surface area contributed by atoms with E-state index in [4.69, 9.17) is 10.5 Å². The van der Waals surface area contributed by atoms with Crippen molar-refractivity contribution >= 4 is 21.8 Å². The minimum Gasteiger partial charge on any atom is -0.438 e. The average Bonchev–Trinajstić information content (AvgIpc) is 2.96. The summed E-state index contributed by atoms with van der Waals surface area (Å²) in [6.45, 7) is 1.25. The third-order valence-corrected chi connectivity index (χ3v) is 4.07. The summed E-state index contributed by atoms with van der Waals surface area (Å²) in [7, 11) is 0. The fourth-order valence-corrected chi connectivity index (χ4v) is 2.66. The quantitative estimate of drug-likeness (QED) is 0.912. The predicted molar refractivity (Wildman–Crippen MR) is 86.9 cm³/mol. The van der Waals surface area contributed by atoms with E-state index in [1.807, 2.05) is 24.3 Å². The van der Waals surface area contributed by atoms with Gasteiger partial charge >= 0.3 is 0 Å². The lowest BCUT2D eigenvalue weighted by Gasteiger charge is -2.17. The van der Waals surface area contributed by atoms with Crippen molar-refractivity contribution in [2.75, 3.05) is 13.1 Å². The van der Waals surface area contributed by atoms with Gasteiger partial charge in [0.25, 0.3) is 5.91 Å². The van der Waals surface area contributed by atoms with E-state index in [0.29, 0.717) is 30.3 Å². The second kappa shape index (κ2) is 6.46. The molecule has 1 aromatic carbocycles. The highest BCUT2D eigenvalue weighted by molar-refractivity contribution is 9.10. The van der Waals surface area contributed by atoms with Crippen molar-refractivity contribution in [3.05, 3.63) is 52.6 Å². The van der Waals surface area contributed by atoms with Gasteiger partial charge in [0.2, 0.25) is 5.88 Å². The minimum absolute atomic E-state index is 0.0523. The van der Waals surface area contributed by atoms with E-state index in [0.717, 1.165) is 10.9 Å². The molecule has 2 N–H and O–H groups in total. The molecule has 1 saturated heterocycles. The summed E-state index contributed by atoms with van der Waals surface area (Å²) < 4.78 is 6.72. The van der Waals surface area contributed by atoms with E-state index < -0.39 is 0 Å². The Labute approximate surface area is 137 Å². The van der Waals surface area contributed by atoms with Gasteiger partial charge in [-0.3, -0.25) is 4.79 Å². The summed E-state index contributed by atoms with van der Waals surface area (Å²) in [6.07, 6.45) is 2.44. The van der Waals surface area contributed by atoms with Crippen molar-refractivity contribution in [2.24, 2.45) is 5.73 Å². The molecule has 6 heteroatoms. The van der Waals surface area contributed by atoms with E-state index in [-0.39, 0.29) is 11.9 Å². The summed E-state index contributed by atoms with van der Waals surface area (Å²) in [5, 5.41) is 0. The molecule has 1 atom stereocenters. The molecule has 2 aromatic rings. The Morgan fingerprint density at radius 2 is 2.09 bits per heavy atom. The lowest BCUT2D eigenvalue weighted by Crippen LogP contribution is -2.32. The largest absolute Gasteiger partial charge is 0.438 e. The van der Waals surface area contributed by atoms with Crippen LogP contribution < -0.4 is 10.5 Å². The molecule has 1 aliphatic heterocycles. The molecule has 1 amide bonds. The molecule has 0 spiro atoms. The number of ether oxygens (including phenoxy) is 1. The second-order valence-corrected chi connectivity index (χ2v) is 6.13. The molecule has 0 aliphatic carbocycles. The molecule has 5 nitrogen and oxygen atoms in total. The first-order valence-electron chi connectivity index (χ1n) is 7.07. The van der Waals surface area contributed by atoms with E-state index in [9.17, 15) is 4.79 Å². The van der Waals surface area contributed by atoms with Gasteiger partial charge in [0, 0.05) is 29.8 Å². The highest BCUT2D eigenvalue weighted by Crippen LogP contribution is 2.26. The number of nitrogens with two attached hydrogens (primary N) is 1. The van der Waals surface area contributed by atoms with Gasteiger partial charge in [0.05, 0.1) is 0 Å². The number of hydrogen-bond donors (Lipinski definition) is 1. The van der Waals surface area contributed by atoms with Gasteiger partial charge in [0.1, 0.15) is 11.3 Å². The number of carbonyl (C=O) groups excluding carboxylic acids is 1. The van der Waals surface area contributed by atoms with Crippen LogP contribution in [0.3, 0.4) is 0 Å². The fourth-order valence-electron chi connectivity index (χ4n) is 2.39. The maximum atomic E-state index is 12.6. The van der Waals surface area contributed by atoms with E-state index >= 15 is 0 Å². The van der Waals surface area contributed by atoms with Crippen molar-refractivity contribution in [2.45, 2.75) is 12.5 Å². The zero-order chi connectivity index (χ0) is 15.5. The number of nitrogens with zero attached hydrogens (tertiary/aromatic N) is 2. The van der Waals surface area contributed by atoms with Crippen molar-refractivity contribution in [1.82, 2.24) is 9.88 Å². The molecule has 114 valence electrons. The lowest BCUT2D eigenvalue weighted by atomic mass is 10.2. The SMILES string of the molecule is NC1CCN(C(=O)c2cccnc2Oc2ccc(Br)cc2)C1. The van der Waals surface area contributed by atoms with E-state index in [1.165, 1.54) is 0 Å². The molecule has 1 aliphatic rings. The Morgan fingerprint density at radius 1 is 1.32 bits per heavy atom. The second-order valence-electron chi connectivity index (χ2n) is 5.21. The molecule has 22 heavy (non-hydrogen) atoms. The monoisotopic (exact) mass is 361 g/mol. The summed E-state index contributed by atoms with van der Waals surface area (Å²) in [5.41, 5.74) is 6.33. The number of rotatable bonds is 3. The summed E-state index contributed by atoms with van der Waals surface area (Å²) in [4.78, 5) is 18.5. The van der Waals surface area contributed by atoms with Gasteiger partial charge in [-0.2, -0.15) is 0 Å². The van der Waals surface area contributed by atoms with Crippen LogP contribution in [-0.2, 0) is 0 Å². The molecule has 0 bridgehead atoms. The number of pyridine rings is 1. The topological polar surface area (TPSA) is 68.5 Å². The van der Waals surface area contributed by atoms with Crippen molar-refractivity contribution < 1.29 is 9.53 Å². The number of amides is 1. The van der Waals surface area contributed by atoms with Gasteiger partial charge in [-0.05, 0) is 42.8 Å². The predicted octanol–water partition coefficient (Wildman–Crippen LogP) is 2.81. The maximum Gasteiger partial charge on any atom is 0.259 e. The Balaban J connectivity index is 1.83. The number of halogens is 1. The Kier molecular flexibility index (Phi) is 4.40. The summed E-state index contributed by atoms with van der Waals surface area (Å²) in [6, 6.07) is 10.9. The zero-order valence-corrected chi connectivity index (χ0v) is 13.5. The Hall–Kier alpha value is -1.92. The molecular weight excluding hydrogens is 346 g/mol. The molecule has 0 radical (unpaired) electrons. The van der Waals surface area contributed by atoms with E-state index in [1.54, 1.807) is 23.2 Å². The number of hydrogen-bond acceptors (Lipinski definition) is 4. The first-order chi connectivity index (χ1) is 10.6. The zero-order valence-electron chi connectivity index (χ0n) is 11.9. The van der Waals surface area contributed by atoms with Gasteiger partial charge < -0.3 is 15.4 Å². The smallest absolute Gasteiger partial charge is 0.259 e. The Bertz CT molecular complexity index is 675. The normalized spacial score (nSPS) is 17.5. The number of aromatic nitrogens is 1. The van der Waals surface area contributed by atoms with Crippen molar-refractivity contribution in [1.29, 1.82) is 0 Å². The molecule has 1 aromatic heterocycles. The number of carbonyl (C=O) groups is 1. The highest BCUT2D eigenvalue weighted by atomic mass is 79.9. The average molecular weight is 362 g/mol.